The Balaban J connectivity index is 0.000000202. The molecule has 0 aromatic heterocycles. The topological polar surface area (TPSA) is 34.1 Å². The Hall–Kier alpha value is 0.500. The second-order valence-electron chi connectivity index (χ2n) is 32.7. The Bertz CT molecular complexity index is 1780. The number of alkyl halides is 4. The predicted octanol–water partition coefficient (Wildman–Crippen LogP) is 26.1. The van der Waals surface area contributed by atoms with E-state index in [0.717, 1.165) is 122 Å². The van der Waals surface area contributed by atoms with Crippen LogP contribution in [0.2, 0.25) is 0 Å². The van der Waals surface area contributed by atoms with Crippen LogP contribution in [0.4, 0.5) is 0 Å². The minimum absolute atomic E-state index is 0.439. The summed E-state index contributed by atoms with van der Waals surface area (Å²) in [7, 11) is 0. The van der Waals surface area contributed by atoms with E-state index in [1.54, 1.807) is 0 Å². The van der Waals surface area contributed by atoms with Crippen LogP contribution >= 0.6 is 46.4 Å². The molecule has 484 valence electrons. The van der Waals surface area contributed by atoms with Crippen molar-refractivity contribution in [3.63, 3.8) is 0 Å². The third-order valence-electron chi connectivity index (χ3n) is 28.3. The van der Waals surface area contributed by atoms with Crippen molar-refractivity contribution in [2.24, 2.45) is 92.7 Å². The average molecular weight is 1240 g/mol. The van der Waals surface area contributed by atoms with E-state index in [4.69, 9.17) is 46.4 Å². The van der Waals surface area contributed by atoms with Crippen LogP contribution in [0.15, 0.2) is 0 Å². The Labute approximate surface area is 539 Å². The molecule has 6 heteroatoms. The third-order valence-corrected chi connectivity index (χ3v) is 31.2. The maximum atomic E-state index is 14.1. The van der Waals surface area contributed by atoms with Gasteiger partial charge in [0.2, 0.25) is 0 Å². The minimum Gasteiger partial charge on any atom is -0.298 e. The van der Waals surface area contributed by atoms with Crippen LogP contribution < -0.4 is 0 Å². The van der Waals surface area contributed by atoms with Gasteiger partial charge >= 0.3 is 0 Å². The molecule has 10 fully saturated rings. The maximum absolute atomic E-state index is 14.1. The molecule has 4 spiro atoms. The third kappa shape index (κ3) is 15.1. The first-order valence-electron chi connectivity index (χ1n) is 38.6. The lowest BCUT2D eigenvalue weighted by molar-refractivity contribution is -0.174. The Morgan fingerprint density at radius 1 is 0.250 bits per heavy atom. The van der Waals surface area contributed by atoms with Gasteiger partial charge in [0.1, 0.15) is 8.67 Å². The second kappa shape index (κ2) is 32.4. The fourth-order valence-electron chi connectivity index (χ4n) is 22.4. The van der Waals surface area contributed by atoms with E-state index in [9.17, 15) is 9.59 Å². The van der Waals surface area contributed by atoms with Crippen molar-refractivity contribution in [2.45, 2.75) is 383 Å². The summed E-state index contributed by atoms with van der Waals surface area (Å²) in [6.45, 7) is 9.23. The number of ketones is 2. The first kappa shape index (κ1) is 68.9. The van der Waals surface area contributed by atoms with Crippen molar-refractivity contribution < 1.29 is 9.59 Å². The molecule has 0 aromatic carbocycles. The van der Waals surface area contributed by atoms with Gasteiger partial charge in [-0.05, 0) is 225 Å². The number of Topliss-reactive ketones (excluding diaryl/α,β-unsaturated/α-hetero) is 2. The van der Waals surface area contributed by atoms with Crippen LogP contribution in [0.25, 0.3) is 0 Å². The van der Waals surface area contributed by atoms with Gasteiger partial charge < -0.3 is 0 Å². The van der Waals surface area contributed by atoms with Crippen LogP contribution in [-0.2, 0) is 9.59 Å². The summed E-state index contributed by atoms with van der Waals surface area (Å²) in [5.74, 6) is 11.6. The summed E-state index contributed by atoms with van der Waals surface area (Å²) in [6, 6.07) is 0. The van der Waals surface area contributed by atoms with Crippen LogP contribution in [0.1, 0.15) is 374 Å². The Morgan fingerprint density at radius 2 is 0.417 bits per heavy atom. The molecule has 10 saturated carbocycles. The first-order chi connectivity index (χ1) is 40.7. The minimum atomic E-state index is -0.835. The van der Waals surface area contributed by atoms with Gasteiger partial charge in [0.15, 0.2) is 11.6 Å². The lowest BCUT2D eigenvalue weighted by atomic mass is 9.41. The first-order valence-corrected chi connectivity index (χ1v) is 40.1. The summed E-state index contributed by atoms with van der Waals surface area (Å²) in [5.41, 5.74) is -1.76. The molecule has 10 aliphatic carbocycles. The molecule has 2 nitrogen and oxygen atoms in total. The SMILES string of the molecule is CCCCCCC1CCC(C2CCC3(CC2)C(=O)C2(CCC(C4CCC(CCCCCC)CC4)CC2)C3(Cl)Cl)CC1.CCCCCCCC1CCC(C2CCC3(CC2)C(=O)C2(CCC(C4CCC(CCCCCCC)CC4)CC2)C3(Cl)Cl)CC1. The van der Waals surface area contributed by atoms with Crippen molar-refractivity contribution in [2.75, 3.05) is 0 Å². The van der Waals surface area contributed by atoms with Crippen molar-refractivity contribution in [3.8, 4) is 0 Å². The van der Waals surface area contributed by atoms with Gasteiger partial charge in [0.25, 0.3) is 0 Å². The average Bonchev–Trinajstić information content (AvgIpc) is 0.726. The lowest BCUT2D eigenvalue weighted by Gasteiger charge is -2.67. The smallest absolute Gasteiger partial charge is 0.151 e. The highest BCUT2D eigenvalue weighted by Crippen LogP contribution is 2.77. The number of carbonyl (C=O) groups excluding carboxylic acids is 2. The molecule has 0 unspecified atom stereocenters. The van der Waals surface area contributed by atoms with Crippen molar-refractivity contribution in [3.05, 3.63) is 0 Å². The molecule has 0 bridgehead atoms. The number of hydrogen-bond donors (Lipinski definition) is 0. The summed E-state index contributed by atoms with van der Waals surface area (Å²) >= 11 is 29.5. The summed E-state index contributed by atoms with van der Waals surface area (Å²) < 4.78 is -1.67. The molecular formula is C78H132Cl4O2. The zero-order valence-corrected chi connectivity index (χ0v) is 58.5. The number of halogens is 4. The molecule has 10 aliphatic rings. The highest BCUT2D eigenvalue weighted by atomic mass is 35.5. The molecule has 0 heterocycles. The fraction of sp³-hybridized carbons (Fsp3) is 0.974. The van der Waals surface area contributed by atoms with E-state index in [0.29, 0.717) is 11.6 Å². The van der Waals surface area contributed by atoms with Crippen molar-refractivity contribution in [1.82, 2.24) is 0 Å². The van der Waals surface area contributed by atoms with E-state index in [2.05, 4.69) is 27.7 Å². The number of carbonyl (C=O) groups is 2. The molecule has 0 atom stereocenters. The normalized spacial score (nSPS) is 40.3. The molecule has 84 heavy (non-hydrogen) atoms. The van der Waals surface area contributed by atoms with Crippen molar-refractivity contribution >= 4 is 58.0 Å². The summed E-state index contributed by atoms with van der Waals surface area (Å²) in [5, 5.41) is 0. The summed E-state index contributed by atoms with van der Waals surface area (Å²) in [6.07, 6.45) is 71.1. The predicted molar refractivity (Wildman–Crippen MR) is 363 cm³/mol. The van der Waals surface area contributed by atoms with E-state index in [-0.39, 0.29) is 0 Å². The highest BCUT2D eigenvalue weighted by molar-refractivity contribution is 6.55. The number of hydrogen-bond acceptors (Lipinski definition) is 2. The standard InChI is InChI=1S/C40H68Cl2O.C38H64Cl2O/c1-3-5-7-9-11-13-31-15-19-33(20-16-31)35-23-27-38(28-24-35)37(43)39(40(38,41)42)29-25-36(26-30-39)34-21-17-32(18-22-34)14-12-10-8-6-4-2;1-3-5-7-9-11-29-13-17-31(18-14-29)33-21-25-36(26-22-33)35(41)37(38(36,39)40)27-23-34(24-28-37)32-19-15-30(16-20-32)12-10-8-6-4-2/h31-36H,3-30H2,1-2H3;29-34H,3-28H2,1-2H3. The Morgan fingerprint density at radius 3 is 0.595 bits per heavy atom. The van der Waals surface area contributed by atoms with Gasteiger partial charge in [0, 0.05) is 0 Å². The van der Waals surface area contributed by atoms with Crippen LogP contribution in [0.5, 0.6) is 0 Å². The summed E-state index contributed by atoms with van der Waals surface area (Å²) in [4.78, 5) is 28.3. The Kier molecular flexibility index (Phi) is 26.5. The van der Waals surface area contributed by atoms with Gasteiger partial charge in [-0.3, -0.25) is 9.59 Å². The highest BCUT2D eigenvalue weighted by Gasteiger charge is 2.80. The molecule has 10 rings (SSSR count). The molecular weight excluding hydrogens is 1110 g/mol. The van der Waals surface area contributed by atoms with Crippen LogP contribution in [-0.4, -0.2) is 20.2 Å². The van der Waals surface area contributed by atoms with Gasteiger partial charge in [-0.25, -0.2) is 0 Å². The zero-order chi connectivity index (χ0) is 59.3. The van der Waals surface area contributed by atoms with E-state index >= 15 is 0 Å². The van der Waals surface area contributed by atoms with Gasteiger partial charge in [-0.1, -0.05) is 267 Å². The van der Waals surface area contributed by atoms with Crippen molar-refractivity contribution in [1.29, 1.82) is 0 Å². The largest absolute Gasteiger partial charge is 0.298 e. The molecule has 0 aliphatic heterocycles. The van der Waals surface area contributed by atoms with E-state index in [1.165, 1.54) is 295 Å². The molecule has 0 amide bonds. The van der Waals surface area contributed by atoms with Gasteiger partial charge in [-0.15, -0.1) is 0 Å². The number of rotatable bonds is 26. The molecule has 0 radical (unpaired) electrons. The maximum Gasteiger partial charge on any atom is 0.151 e. The molecule has 0 saturated heterocycles. The molecule has 0 N–H and O–H groups in total. The lowest BCUT2D eigenvalue weighted by Crippen LogP contribution is -2.74. The fourth-order valence-corrected chi connectivity index (χ4v) is 24.6. The molecule has 0 aromatic rings. The van der Waals surface area contributed by atoms with Gasteiger partial charge in [-0.2, -0.15) is 0 Å². The number of unbranched alkanes of at least 4 members (excludes halogenated alkanes) is 14. The van der Waals surface area contributed by atoms with E-state index < -0.39 is 30.3 Å². The van der Waals surface area contributed by atoms with E-state index in [1.807, 2.05) is 0 Å². The monoisotopic (exact) mass is 1240 g/mol. The zero-order valence-electron chi connectivity index (χ0n) is 55.4. The second-order valence-corrected chi connectivity index (χ2v) is 35.4. The quantitative estimate of drug-likeness (QED) is 0.0639. The van der Waals surface area contributed by atoms with Crippen LogP contribution in [0, 0.1) is 92.7 Å². The van der Waals surface area contributed by atoms with Crippen LogP contribution in [0.3, 0.4) is 0 Å². The van der Waals surface area contributed by atoms with Gasteiger partial charge in [0.05, 0.1) is 21.7 Å².